The van der Waals surface area contributed by atoms with Gasteiger partial charge in [0, 0.05) is 10.6 Å². The number of esters is 1. The number of methoxy groups -OCH3 is 1. The van der Waals surface area contributed by atoms with Gasteiger partial charge in [-0.05, 0) is 42.5 Å². The lowest BCUT2D eigenvalue weighted by Crippen LogP contribution is -2.17. The summed E-state index contributed by atoms with van der Waals surface area (Å²) < 4.78 is 18.0. The fourth-order valence-corrected chi connectivity index (χ4v) is 5.50. The number of aryl methyl sites for hydroxylation is 1. The maximum absolute atomic E-state index is 13.1. The summed E-state index contributed by atoms with van der Waals surface area (Å²) >= 11 is 8.85. The van der Waals surface area contributed by atoms with Crippen LogP contribution in [0.4, 0.5) is 9.39 Å². The standard InChI is InChI=1S/C21H17ClFN3O3S2/c1-29-20(28)16-13-3-2-4-15(13)31-19(16)26-18(27)17-14(22)9-24-21(25-17)30-10-11-5-7-12(23)8-6-11/h5-9H,2-4,10H2,1H3,(H,26,27). The van der Waals surface area contributed by atoms with E-state index in [9.17, 15) is 14.0 Å². The highest BCUT2D eigenvalue weighted by Crippen LogP contribution is 2.39. The number of anilines is 1. The second-order valence-electron chi connectivity index (χ2n) is 6.77. The maximum Gasteiger partial charge on any atom is 0.341 e. The second kappa shape index (κ2) is 9.33. The summed E-state index contributed by atoms with van der Waals surface area (Å²) in [5.41, 5.74) is 2.26. The molecule has 10 heteroatoms. The fraction of sp³-hybridized carbons (Fsp3) is 0.238. The zero-order valence-electron chi connectivity index (χ0n) is 16.4. The zero-order valence-corrected chi connectivity index (χ0v) is 18.8. The number of hydrogen-bond donors (Lipinski definition) is 1. The van der Waals surface area contributed by atoms with E-state index in [4.69, 9.17) is 16.3 Å². The fourth-order valence-electron chi connectivity index (χ4n) is 3.28. The predicted molar refractivity (Wildman–Crippen MR) is 119 cm³/mol. The molecule has 1 amide bonds. The summed E-state index contributed by atoms with van der Waals surface area (Å²) in [5.74, 6) is -0.797. The van der Waals surface area contributed by atoms with Crippen molar-refractivity contribution in [1.29, 1.82) is 0 Å². The lowest BCUT2D eigenvalue weighted by atomic mass is 10.1. The van der Waals surface area contributed by atoms with Gasteiger partial charge in [-0.25, -0.2) is 19.2 Å². The van der Waals surface area contributed by atoms with Crippen LogP contribution in [0.2, 0.25) is 5.02 Å². The van der Waals surface area contributed by atoms with Crippen molar-refractivity contribution in [2.45, 2.75) is 30.2 Å². The molecular formula is C21H17ClFN3O3S2. The molecule has 3 aromatic rings. The molecule has 0 atom stereocenters. The molecule has 31 heavy (non-hydrogen) atoms. The van der Waals surface area contributed by atoms with Crippen LogP contribution >= 0.6 is 34.7 Å². The lowest BCUT2D eigenvalue weighted by Gasteiger charge is -2.08. The SMILES string of the molecule is COC(=O)c1c(NC(=O)c2nc(SCc3ccc(F)cc3)ncc2Cl)sc2c1CCC2. The summed E-state index contributed by atoms with van der Waals surface area (Å²) in [6, 6.07) is 6.12. The van der Waals surface area contributed by atoms with Crippen LogP contribution in [0.15, 0.2) is 35.6 Å². The molecule has 0 aliphatic heterocycles. The van der Waals surface area contributed by atoms with Gasteiger partial charge >= 0.3 is 5.97 Å². The summed E-state index contributed by atoms with van der Waals surface area (Å²) in [4.78, 5) is 34.7. The maximum atomic E-state index is 13.1. The van der Waals surface area contributed by atoms with Crippen LogP contribution in [-0.4, -0.2) is 29.0 Å². The summed E-state index contributed by atoms with van der Waals surface area (Å²) in [5, 5.41) is 3.68. The van der Waals surface area contributed by atoms with Gasteiger partial charge in [0.2, 0.25) is 0 Å². The monoisotopic (exact) mass is 477 g/mol. The highest BCUT2D eigenvalue weighted by molar-refractivity contribution is 7.98. The summed E-state index contributed by atoms with van der Waals surface area (Å²) in [6.07, 6.45) is 4.00. The van der Waals surface area contributed by atoms with Gasteiger partial charge in [0.15, 0.2) is 10.9 Å². The van der Waals surface area contributed by atoms with E-state index in [1.807, 2.05) is 0 Å². The first-order chi connectivity index (χ1) is 15.0. The smallest absolute Gasteiger partial charge is 0.341 e. The Morgan fingerprint density at radius 3 is 2.81 bits per heavy atom. The Morgan fingerprint density at radius 1 is 1.29 bits per heavy atom. The number of benzene rings is 1. The average molecular weight is 478 g/mol. The molecule has 0 spiro atoms. The molecular weight excluding hydrogens is 461 g/mol. The van der Waals surface area contributed by atoms with Crippen molar-refractivity contribution >= 4 is 51.6 Å². The minimum atomic E-state index is -0.527. The van der Waals surface area contributed by atoms with Crippen molar-refractivity contribution in [3.05, 3.63) is 68.6 Å². The van der Waals surface area contributed by atoms with E-state index < -0.39 is 11.9 Å². The highest BCUT2D eigenvalue weighted by Gasteiger charge is 2.28. The van der Waals surface area contributed by atoms with E-state index in [-0.39, 0.29) is 16.5 Å². The summed E-state index contributed by atoms with van der Waals surface area (Å²) in [7, 11) is 1.32. The number of amides is 1. The number of aromatic nitrogens is 2. The topological polar surface area (TPSA) is 81.2 Å². The molecule has 1 N–H and O–H groups in total. The van der Waals surface area contributed by atoms with Crippen LogP contribution in [-0.2, 0) is 23.3 Å². The van der Waals surface area contributed by atoms with E-state index in [0.717, 1.165) is 35.3 Å². The van der Waals surface area contributed by atoms with Crippen molar-refractivity contribution in [3.63, 3.8) is 0 Å². The molecule has 2 heterocycles. The number of hydrogen-bond acceptors (Lipinski definition) is 7. The number of rotatable bonds is 6. The molecule has 1 aliphatic carbocycles. The Bertz CT molecular complexity index is 1150. The molecule has 4 rings (SSSR count). The van der Waals surface area contributed by atoms with E-state index in [2.05, 4.69) is 15.3 Å². The number of nitrogens with one attached hydrogen (secondary N) is 1. The van der Waals surface area contributed by atoms with Gasteiger partial charge in [0.1, 0.15) is 10.8 Å². The zero-order chi connectivity index (χ0) is 22.0. The van der Waals surface area contributed by atoms with Gasteiger partial charge in [0.05, 0.1) is 23.9 Å². The van der Waals surface area contributed by atoms with Gasteiger partial charge in [-0.15, -0.1) is 11.3 Å². The van der Waals surface area contributed by atoms with E-state index in [0.29, 0.717) is 21.5 Å². The largest absolute Gasteiger partial charge is 0.465 e. The Balaban J connectivity index is 1.53. The van der Waals surface area contributed by atoms with E-state index in [1.165, 1.54) is 48.5 Å². The van der Waals surface area contributed by atoms with Crippen molar-refractivity contribution in [2.75, 3.05) is 12.4 Å². The minimum absolute atomic E-state index is 0.0163. The Hall–Kier alpha value is -2.49. The average Bonchev–Trinajstić information content (AvgIpc) is 3.34. The van der Waals surface area contributed by atoms with E-state index in [1.54, 1.807) is 12.1 Å². The van der Waals surface area contributed by atoms with Gasteiger partial charge in [-0.2, -0.15) is 0 Å². The molecule has 160 valence electrons. The number of carbonyl (C=O) groups is 2. The van der Waals surface area contributed by atoms with Crippen LogP contribution in [0.25, 0.3) is 0 Å². The Kier molecular flexibility index (Phi) is 6.54. The number of nitrogens with zero attached hydrogens (tertiary/aromatic N) is 2. The molecule has 0 saturated heterocycles. The lowest BCUT2D eigenvalue weighted by molar-refractivity contribution is 0.0601. The Labute approximate surface area is 191 Å². The molecule has 2 aromatic heterocycles. The van der Waals surface area contributed by atoms with Crippen molar-refractivity contribution < 1.29 is 18.7 Å². The molecule has 0 unspecified atom stereocenters. The normalized spacial score (nSPS) is 12.5. The first-order valence-electron chi connectivity index (χ1n) is 9.40. The van der Waals surface area contributed by atoms with Crippen LogP contribution in [0.5, 0.6) is 0 Å². The quantitative estimate of drug-likeness (QED) is 0.300. The van der Waals surface area contributed by atoms with Crippen molar-refractivity contribution in [3.8, 4) is 0 Å². The number of thioether (sulfide) groups is 1. The van der Waals surface area contributed by atoms with Crippen LogP contribution < -0.4 is 5.32 Å². The molecule has 0 fully saturated rings. The number of fused-ring (bicyclic) bond motifs is 1. The third-order valence-corrected chi connectivity index (χ3v) is 7.17. The number of carbonyl (C=O) groups excluding carboxylic acids is 2. The van der Waals surface area contributed by atoms with E-state index >= 15 is 0 Å². The first-order valence-corrected chi connectivity index (χ1v) is 11.6. The molecule has 1 aromatic carbocycles. The van der Waals surface area contributed by atoms with Gasteiger partial charge in [0.25, 0.3) is 5.91 Å². The molecule has 0 radical (unpaired) electrons. The van der Waals surface area contributed by atoms with Gasteiger partial charge in [-0.1, -0.05) is 35.5 Å². The number of halogens is 2. The predicted octanol–water partition coefficient (Wildman–Crippen LogP) is 5.15. The molecule has 1 aliphatic rings. The van der Waals surface area contributed by atoms with Gasteiger partial charge < -0.3 is 10.1 Å². The minimum Gasteiger partial charge on any atom is -0.465 e. The molecule has 0 saturated carbocycles. The molecule has 0 bridgehead atoms. The Morgan fingerprint density at radius 2 is 2.06 bits per heavy atom. The van der Waals surface area contributed by atoms with Crippen molar-refractivity contribution in [2.24, 2.45) is 0 Å². The number of thiophene rings is 1. The van der Waals surface area contributed by atoms with Crippen LogP contribution in [0.3, 0.4) is 0 Å². The van der Waals surface area contributed by atoms with Crippen LogP contribution in [0.1, 0.15) is 43.3 Å². The third kappa shape index (κ3) is 4.73. The summed E-state index contributed by atoms with van der Waals surface area (Å²) in [6.45, 7) is 0. The third-order valence-electron chi connectivity index (χ3n) is 4.76. The van der Waals surface area contributed by atoms with Gasteiger partial charge in [-0.3, -0.25) is 4.79 Å². The highest BCUT2D eigenvalue weighted by atomic mass is 35.5. The second-order valence-corrected chi connectivity index (χ2v) is 9.23. The van der Waals surface area contributed by atoms with Crippen LogP contribution in [0, 0.1) is 5.82 Å². The number of ether oxygens (including phenoxy) is 1. The molecule has 6 nitrogen and oxygen atoms in total. The first kappa shape index (κ1) is 21.7. The van der Waals surface area contributed by atoms with Crippen molar-refractivity contribution in [1.82, 2.24) is 9.97 Å².